The molecule has 1 fully saturated rings. The maximum Gasteiger partial charge on any atom is 0.337 e. The van der Waals surface area contributed by atoms with Gasteiger partial charge in [0, 0.05) is 6.54 Å². The van der Waals surface area contributed by atoms with E-state index in [1.54, 1.807) is 41.3 Å². The molecule has 1 heterocycles. The second-order valence-electron chi connectivity index (χ2n) is 8.27. The minimum absolute atomic E-state index is 0.134. The molecule has 10 heteroatoms. The Morgan fingerprint density at radius 3 is 2.41 bits per heavy atom. The van der Waals surface area contributed by atoms with Gasteiger partial charge in [-0.1, -0.05) is 35.3 Å². The molecule has 0 aliphatic carbocycles. The van der Waals surface area contributed by atoms with Gasteiger partial charge in [-0.05, 0) is 91.3 Å². The maximum absolute atomic E-state index is 13.1. The molecule has 0 N–H and O–H groups in total. The van der Waals surface area contributed by atoms with E-state index in [0.717, 1.165) is 11.1 Å². The molecular weight excluding hydrogens is 559 g/mol. The summed E-state index contributed by atoms with van der Waals surface area (Å²) in [5.41, 5.74) is 2.71. The van der Waals surface area contributed by atoms with Crippen LogP contribution in [-0.4, -0.2) is 42.2 Å². The van der Waals surface area contributed by atoms with Gasteiger partial charge in [-0.15, -0.1) is 0 Å². The van der Waals surface area contributed by atoms with Crippen LogP contribution in [0, 0.1) is 0 Å². The third kappa shape index (κ3) is 6.95. The first-order valence-electron chi connectivity index (χ1n) is 12.1. The number of esters is 1. The number of methoxy groups -OCH3 is 1. The minimum atomic E-state index is -0.419. The van der Waals surface area contributed by atoms with E-state index in [1.165, 1.54) is 18.9 Å². The quantitative estimate of drug-likeness (QED) is 0.193. The number of ether oxygens (including phenoxy) is 3. The first-order valence-corrected chi connectivity index (χ1v) is 13.7. The Kier molecular flexibility index (Phi) is 9.56. The van der Waals surface area contributed by atoms with Crippen LogP contribution in [0.2, 0.25) is 10.0 Å². The van der Waals surface area contributed by atoms with Crippen molar-refractivity contribution in [1.29, 1.82) is 0 Å². The maximum atomic E-state index is 13.1. The molecule has 1 amide bonds. The summed E-state index contributed by atoms with van der Waals surface area (Å²) in [7, 11) is 1.33. The molecule has 0 saturated carbocycles. The highest BCUT2D eigenvalue weighted by molar-refractivity contribution is 8.18. The number of carbonyl (C=O) groups is 2. The summed E-state index contributed by atoms with van der Waals surface area (Å²) in [6, 6.07) is 17.6. The van der Waals surface area contributed by atoms with Crippen LogP contribution >= 0.6 is 35.0 Å². The highest BCUT2D eigenvalue weighted by atomic mass is 35.5. The summed E-state index contributed by atoms with van der Waals surface area (Å²) in [4.78, 5) is 31.6. The Morgan fingerprint density at radius 2 is 1.74 bits per heavy atom. The van der Waals surface area contributed by atoms with Crippen molar-refractivity contribution in [3.8, 4) is 11.5 Å². The van der Waals surface area contributed by atoms with Gasteiger partial charge < -0.3 is 14.2 Å². The first-order chi connectivity index (χ1) is 18.8. The van der Waals surface area contributed by atoms with Crippen LogP contribution in [0.1, 0.15) is 35.3 Å². The molecule has 39 heavy (non-hydrogen) atoms. The number of carbonyl (C=O) groups excluding carboxylic acids is 2. The minimum Gasteiger partial charge on any atom is -0.490 e. The molecule has 0 aromatic heterocycles. The van der Waals surface area contributed by atoms with Gasteiger partial charge in [0.1, 0.15) is 6.61 Å². The normalized spacial score (nSPS) is 15.2. The number of hydrogen-bond acceptors (Lipinski definition) is 7. The van der Waals surface area contributed by atoms with Crippen molar-refractivity contribution in [2.75, 3.05) is 20.3 Å². The zero-order valence-corrected chi connectivity index (χ0v) is 23.9. The second-order valence-corrected chi connectivity index (χ2v) is 10.1. The van der Waals surface area contributed by atoms with Crippen LogP contribution in [0.3, 0.4) is 0 Å². The predicted octanol–water partition coefficient (Wildman–Crippen LogP) is 7.38. The number of halogens is 2. The lowest BCUT2D eigenvalue weighted by atomic mass is 10.1. The van der Waals surface area contributed by atoms with E-state index in [4.69, 9.17) is 37.4 Å². The second kappa shape index (κ2) is 13.1. The van der Waals surface area contributed by atoms with Crippen molar-refractivity contribution in [2.45, 2.75) is 20.5 Å². The zero-order chi connectivity index (χ0) is 27.9. The van der Waals surface area contributed by atoms with E-state index < -0.39 is 5.97 Å². The van der Waals surface area contributed by atoms with Gasteiger partial charge >= 0.3 is 5.97 Å². The first kappa shape index (κ1) is 28.5. The molecule has 0 radical (unpaired) electrons. The topological polar surface area (TPSA) is 77.4 Å². The number of rotatable bonds is 9. The Morgan fingerprint density at radius 1 is 0.974 bits per heavy atom. The van der Waals surface area contributed by atoms with Crippen molar-refractivity contribution >= 4 is 63.8 Å². The Labute approximate surface area is 241 Å². The number of benzene rings is 3. The third-order valence-corrected chi connectivity index (χ3v) is 7.41. The van der Waals surface area contributed by atoms with E-state index in [2.05, 4.69) is 4.99 Å². The number of hydrogen-bond donors (Lipinski definition) is 0. The van der Waals surface area contributed by atoms with Crippen LogP contribution in [0.15, 0.2) is 70.6 Å². The molecular formula is C29H26Cl2N2O5S. The van der Waals surface area contributed by atoms with Gasteiger partial charge in [0.25, 0.3) is 5.91 Å². The molecule has 0 spiro atoms. The van der Waals surface area contributed by atoms with E-state index in [0.29, 0.717) is 56.0 Å². The molecule has 4 rings (SSSR count). The molecule has 1 aliphatic heterocycles. The average molecular weight is 586 g/mol. The lowest BCUT2D eigenvalue weighted by Crippen LogP contribution is -2.28. The van der Waals surface area contributed by atoms with Crippen molar-refractivity contribution < 1.29 is 23.8 Å². The van der Waals surface area contributed by atoms with E-state index >= 15 is 0 Å². The lowest BCUT2D eigenvalue weighted by Gasteiger charge is -2.13. The van der Waals surface area contributed by atoms with Crippen LogP contribution in [0.25, 0.3) is 6.08 Å². The van der Waals surface area contributed by atoms with Crippen molar-refractivity contribution in [1.82, 2.24) is 4.90 Å². The van der Waals surface area contributed by atoms with Gasteiger partial charge in [-0.2, -0.15) is 0 Å². The van der Waals surface area contributed by atoms with Crippen LogP contribution in [-0.2, 0) is 16.1 Å². The molecule has 202 valence electrons. The van der Waals surface area contributed by atoms with E-state index in [9.17, 15) is 9.59 Å². The van der Waals surface area contributed by atoms with Crippen molar-refractivity contribution in [3.05, 3.63) is 92.3 Å². The van der Waals surface area contributed by atoms with Crippen molar-refractivity contribution in [2.24, 2.45) is 4.99 Å². The molecule has 1 aliphatic rings. The predicted molar refractivity (Wildman–Crippen MR) is 156 cm³/mol. The zero-order valence-electron chi connectivity index (χ0n) is 21.6. The SMILES string of the molecule is CCOc1cc(C=C2SC(=Nc3ccc(C(=O)OC)cc3)N(CC)C2=O)ccc1OCc1ccc(Cl)c(Cl)c1. The molecule has 0 unspecified atom stereocenters. The fourth-order valence-corrected chi connectivity index (χ4v) is 5.10. The fourth-order valence-electron chi connectivity index (χ4n) is 3.71. The Bertz CT molecular complexity index is 1440. The molecule has 3 aromatic rings. The molecule has 0 atom stereocenters. The fraction of sp³-hybridized carbons (Fsp3) is 0.207. The van der Waals surface area contributed by atoms with Gasteiger partial charge in [0.05, 0.1) is 39.9 Å². The van der Waals surface area contributed by atoms with Gasteiger partial charge in [0.15, 0.2) is 16.7 Å². The highest BCUT2D eigenvalue weighted by Gasteiger charge is 2.32. The monoisotopic (exact) mass is 584 g/mol. The Hall–Kier alpha value is -3.46. The number of nitrogens with zero attached hydrogens (tertiary/aromatic N) is 2. The molecule has 7 nitrogen and oxygen atoms in total. The standard InChI is InChI=1S/C29H26Cl2N2O5S/c1-4-33-27(34)26(39-29(33)32-21-10-8-20(9-11-21)28(35)36-3)16-18-7-13-24(25(15-18)37-5-2)38-17-19-6-12-22(30)23(31)14-19/h6-16H,4-5,17H2,1-3H3. The number of amides is 1. The number of amidine groups is 1. The van der Waals surface area contributed by atoms with Gasteiger partial charge in [-0.25, -0.2) is 9.79 Å². The highest BCUT2D eigenvalue weighted by Crippen LogP contribution is 2.36. The Balaban J connectivity index is 1.54. The summed E-state index contributed by atoms with van der Waals surface area (Å²) in [5, 5.41) is 1.51. The number of aliphatic imine (C=N–C) groups is 1. The average Bonchev–Trinajstić information content (AvgIpc) is 3.23. The van der Waals surface area contributed by atoms with Crippen LogP contribution in [0.4, 0.5) is 5.69 Å². The molecule has 1 saturated heterocycles. The van der Waals surface area contributed by atoms with E-state index in [1.807, 2.05) is 44.2 Å². The van der Waals surface area contributed by atoms with Gasteiger partial charge in [-0.3, -0.25) is 9.69 Å². The largest absolute Gasteiger partial charge is 0.490 e. The summed E-state index contributed by atoms with van der Waals surface area (Å²) < 4.78 is 16.5. The lowest BCUT2D eigenvalue weighted by molar-refractivity contribution is -0.122. The molecule has 3 aromatic carbocycles. The summed E-state index contributed by atoms with van der Waals surface area (Å²) >= 11 is 13.4. The third-order valence-electron chi connectivity index (χ3n) is 5.66. The van der Waals surface area contributed by atoms with Crippen molar-refractivity contribution in [3.63, 3.8) is 0 Å². The molecule has 0 bridgehead atoms. The van der Waals surface area contributed by atoms with Crippen LogP contribution in [0.5, 0.6) is 11.5 Å². The smallest absolute Gasteiger partial charge is 0.337 e. The summed E-state index contributed by atoms with van der Waals surface area (Å²) in [6.45, 7) is 4.99. The van der Waals surface area contributed by atoms with E-state index in [-0.39, 0.29) is 12.5 Å². The van der Waals surface area contributed by atoms with Crippen LogP contribution < -0.4 is 9.47 Å². The summed E-state index contributed by atoms with van der Waals surface area (Å²) in [5.74, 6) is 0.584. The summed E-state index contributed by atoms with van der Waals surface area (Å²) in [6.07, 6.45) is 1.81. The number of thioether (sulfide) groups is 1. The number of likely N-dealkylation sites (N-methyl/N-ethyl adjacent to an activating group) is 1. The van der Waals surface area contributed by atoms with Gasteiger partial charge in [0.2, 0.25) is 0 Å².